The van der Waals surface area contributed by atoms with Gasteiger partial charge in [-0.3, -0.25) is 4.79 Å². The van der Waals surface area contributed by atoms with Crippen LogP contribution < -0.4 is 5.32 Å². The quantitative estimate of drug-likeness (QED) is 0.624. The molecule has 0 saturated carbocycles. The van der Waals surface area contributed by atoms with Crippen LogP contribution in [0, 0.1) is 6.92 Å². The molecule has 0 atom stereocenters. The molecule has 4 rings (SSSR count). The highest BCUT2D eigenvalue weighted by atomic mass is 16.1. The number of amides is 1. The van der Waals surface area contributed by atoms with Crippen molar-refractivity contribution in [2.45, 2.75) is 6.92 Å². The third-order valence-corrected chi connectivity index (χ3v) is 3.81. The molecule has 0 spiro atoms. The lowest BCUT2D eigenvalue weighted by Gasteiger charge is -2.08. The van der Waals surface area contributed by atoms with Gasteiger partial charge < -0.3 is 5.32 Å². The number of aromatic nitrogens is 5. The van der Waals surface area contributed by atoms with Gasteiger partial charge >= 0.3 is 0 Å². The Morgan fingerprint density at radius 2 is 1.92 bits per heavy atom. The first kappa shape index (κ1) is 14.9. The van der Waals surface area contributed by atoms with Crippen molar-refractivity contribution in [3.63, 3.8) is 0 Å². The van der Waals surface area contributed by atoms with E-state index in [2.05, 4.69) is 25.8 Å². The van der Waals surface area contributed by atoms with Gasteiger partial charge in [0.1, 0.15) is 5.69 Å². The largest absolute Gasteiger partial charge is 0.321 e. The highest BCUT2D eigenvalue weighted by Crippen LogP contribution is 2.17. The van der Waals surface area contributed by atoms with Crippen LogP contribution >= 0.6 is 0 Å². The van der Waals surface area contributed by atoms with E-state index in [-0.39, 0.29) is 5.91 Å². The summed E-state index contributed by atoms with van der Waals surface area (Å²) in [6.07, 6.45) is 0. The molecule has 2 aromatic carbocycles. The fourth-order valence-electron chi connectivity index (χ4n) is 2.57. The number of benzene rings is 2. The lowest BCUT2D eigenvalue weighted by atomic mass is 10.2. The minimum atomic E-state index is -0.267. The van der Waals surface area contributed by atoms with Gasteiger partial charge in [0.2, 0.25) is 0 Å². The van der Waals surface area contributed by atoms with Crippen molar-refractivity contribution in [1.29, 1.82) is 0 Å². The molecule has 7 nitrogen and oxygen atoms in total. The molecule has 0 radical (unpaired) electrons. The first-order valence-electron chi connectivity index (χ1n) is 7.73. The van der Waals surface area contributed by atoms with E-state index in [0.717, 1.165) is 16.6 Å². The number of carbonyl (C=O) groups is 1. The Labute approximate surface area is 143 Å². The average Bonchev–Trinajstić information content (AvgIpc) is 3.07. The molecule has 0 aliphatic rings. The Bertz CT molecular complexity index is 1070. The van der Waals surface area contributed by atoms with E-state index >= 15 is 0 Å². The molecule has 0 fully saturated rings. The van der Waals surface area contributed by atoms with Gasteiger partial charge in [0.05, 0.1) is 11.2 Å². The third kappa shape index (κ3) is 2.94. The molecule has 4 aromatic rings. The molecule has 1 amide bonds. The van der Waals surface area contributed by atoms with E-state index in [9.17, 15) is 4.79 Å². The zero-order chi connectivity index (χ0) is 17.2. The van der Waals surface area contributed by atoms with E-state index < -0.39 is 0 Å². The van der Waals surface area contributed by atoms with Gasteiger partial charge in [-0.05, 0) is 47.7 Å². The number of nitrogens with zero attached hydrogens (tertiary/aromatic N) is 5. The fraction of sp³-hybridized carbons (Fsp3) is 0.0556. The Morgan fingerprint density at radius 3 is 2.76 bits per heavy atom. The highest BCUT2D eigenvalue weighted by molar-refractivity contribution is 6.04. The molecular formula is C18H14N6O. The number of nitrogens with one attached hydrogen (secondary N) is 1. The van der Waals surface area contributed by atoms with Crippen molar-refractivity contribution in [3.8, 4) is 5.69 Å². The Hall–Kier alpha value is -3.61. The summed E-state index contributed by atoms with van der Waals surface area (Å²) in [7, 11) is 0. The molecule has 0 bridgehead atoms. The van der Waals surface area contributed by atoms with Gasteiger partial charge in [-0.1, -0.05) is 30.3 Å². The number of carbonyl (C=O) groups excluding carboxylic acids is 1. The van der Waals surface area contributed by atoms with Crippen molar-refractivity contribution < 1.29 is 4.79 Å². The Kier molecular flexibility index (Phi) is 3.66. The number of para-hydroxylation sites is 1. The molecule has 2 heterocycles. The maximum atomic E-state index is 12.5. The standard InChI is InChI=1S/C18H14N6O/c1-12-21-22-23-24(12)15-7-4-6-14(11-15)19-18(25)17-10-9-13-5-2-3-8-16(13)20-17/h2-11H,1H3,(H,19,25). The van der Waals surface area contributed by atoms with Gasteiger partial charge in [-0.2, -0.15) is 4.68 Å². The van der Waals surface area contributed by atoms with Gasteiger partial charge in [0.15, 0.2) is 5.82 Å². The van der Waals surface area contributed by atoms with Gasteiger partial charge in [-0.25, -0.2) is 4.98 Å². The van der Waals surface area contributed by atoms with Crippen LogP contribution in [0.2, 0.25) is 0 Å². The van der Waals surface area contributed by atoms with Gasteiger partial charge in [0, 0.05) is 11.1 Å². The summed E-state index contributed by atoms with van der Waals surface area (Å²) in [6, 6.07) is 18.6. The van der Waals surface area contributed by atoms with Crippen molar-refractivity contribution in [3.05, 3.63) is 72.2 Å². The van der Waals surface area contributed by atoms with Crippen LogP contribution in [0.5, 0.6) is 0 Å². The zero-order valence-electron chi connectivity index (χ0n) is 13.4. The average molecular weight is 330 g/mol. The van der Waals surface area contributed by atoms with Crippen molar-refractivity contribution >= 4 is 22.5 Å². The molecule has 25 heavy (non-hydrogen) atoms. The van der Waals surface area contributed by atoms with Crippen LogP contribution in [0.15, 0.2) is 60.7 Å². The minimum absolute atomic E-state index is 0.267. The number of tetrazole rings is 1. The first-order chi connectivity index (χ1) is 12.2. The lowest BCUT2D eigenvalue weighted by molar-refractivity contribution is 0.102. The number of anilines is 1. The summed E-state index contributed by atoms with van der Waals surface area (Å²) in [5, 5.41) is 15.3. The van der Waals surface area contributed by atoms with Crippen molar-refractivity contribution in [1.82, 2.24) is 25.2 Å². The second-order valence-corrected chi connectivity index (χ2v) is 5.53. The SMILES string of the molecule is Cc1nnnn1-c1cccc(NC(=O)c2ccc3ccccc3n2)c1. The first-order valence-corrected chi connectivity index (χ1v) is 7.73. The van der Waals surface area contributed by atoms with Crippen molar-refractivity contribution in [2.24, 2.45) is 0 Å². The number of aryl methyl sites for hydroxylation is 1. The molecule has 122 valence electrons. The molecule has 1 N–H and O–H groups in total. The summed E-state index contributed by atoms with van der Waals surface area (Å²) < 4.78 is 1.60. The van der Waals surface area contributed by atoms with Crippen molar-refractivity contribution in [2.75, 3.05) is 5.32 Å². The van der Waals surface area contributed by atoms with E-state index in [4.69, 9.17) is 0 Å². The smallest absolute Gasteiger partial charge is 0.274 e. The number of hydrogen-bond donors (Lipinski definition) is 1. The molecular weight excluding hydrogens is 316 g/mol. The summed E-state index contributed by atoms with van der Waals surface area (Å²) >= 11 is 0. The molecule has 0 unspecified atom stereocenters. The zero-order valence-corrected chi connectivity index (χ0v) is 13.4. The number of pyridine rings is 1. The number of rotatable bonds is 3. The summed E-state index contributed by atoms with van der Waals surface area (Å²) in [4.78, 5) is 16.9. The highest BCUT2D eigenvalue weighted by Gasteiger charge is 2.10. The monoisotopic (exact) mass is 330 g/mol. The number of fused-ring (bicyclic) bond motifs is 1. The van der Waals surface area contributed by atoms with Gasteiger partial charge in [0.25, 0.3) is 5.91 Å². The van der Waals surface area contributed by atoms with E-state index in [0.29, 0.717) is 17.2 Å². The van der Waals surface area contributed by atoms with Crippen LogP contribution in [-0.4, -0.2) is 31.1 Å². The predicted octanol–water partition coefficient (Wildman–Crippen LogP) is 2.77. The normalized spacial score (nSPS) is 10.8. The summed E-state index contributed by atoms with van der Waals surface area (Å²) in [5.41, 5.74) is 2.56. The van der Waals surface area contributed by atoms with E-state index in [1.807, 2.05) is 61.5 Å². The van der Waals surface area contributed by atoms with Crippen LogP contribution in [0.4, 0.5) is 5.69 Å². The van der Waals surface area contributed by atoms with Crippen LogP contribution in [0.3, 0.4) is 0 Å². The second-order valence-electron chi connectivity index (χ2n) is 5.53. The Morgan fingerprint density at radius 1 is 1.04 bits per heavy atom. The number of hydrogen-bond acceptors (Lipinski definition) is 5. The molecule has 0 aliphatic carbocycles. The summed E-state index contributed by atoms with van der Waals surface area (Å²) in [5.74, 6) is 0.399. The van der Waals surface area contributed by atoms with E-state index in [1.165, 1.54) is 0 Å². The fourth-order valence-corrected chi connectivity index (χ4v) is 2.57. The van der Waals surface area contributed by atoms with E-state index in [1.54, 1.807) is 10.7 Å². The molecule has 0 saturated heterocycles. The van der Waals surface area contributed by atoms with Crippen LogP contribution in [0.25, 0.3) is 16.6 Å². The van der Waals surface area contributed by atoms with Gasteiger partial charge in [-0.15, -0.1) is 5.10 Å². The van der Waals surface area contributed by atoms with Crippen LogP contribution in [-0.2, 0) is 0 Å². The predicted molar refractivity (Wildman–Crippen MR) is 93.6 cm³/mol. The lowest BCUT2D eigenvalue weighted by Crippen LogP contribution is -2.14. The summed E-state index contributed by atoms with van der Waals surface area (Å²) in [6.45, 7) is 1.81. The minimum Gasteiger partial charge on any atom is -0.321 e. The maximum absolute atomic E-state index is 12.5. The Balaban J connectivity index is 1.61. The third-order valence-electron chi connectivity index (χ3n) is 3.81. The topological polar surface area (TPSA) is 85.6 Å². The second kappa shape index (κ2) is 6.12. The molecule has 7 heteroatoms. The maximum Gasteiger partial charge on any atom is 0.274 e. The molecule has 2 aromatic heterocycles. The van der Waals surface area contributed by atoms with Crippen LogP contribution in [0.1, 0.15) is 16.3 Å². The molecule has 0 aliphatic heterocycles.